The zero-order chi connectivity index (χ0) is 18.9. The molecule has 5 nitrogen and oxygen atoms in total. The summed E-state index contributed by atoms with van der Waals surface area (Å²) in [5.74, 6) is 0.542. The van der Waals surface area contributed by atoms with Crippen molar-refractivity contribution in [1.29, 1.82) is 0 Å². The van der Waals surface area contributed by atoms with E-state index >= 15 is 0 Å². The van der Waals surface area contributed by atoms with E-state index in [1.54, 1.807) is 30.5 Å². The standard InChI is InChI=1S/C21H22N2O3/c1-4-14-5-8-18(13(2)11-14)26-19-9-10-23-17-7-6-15(12-16(17)19)21(3,25)20(22)24/h5-12,25H,4H2,1-3H3,(H2,22,24). The van der Waals surface area contributed by atoms with Crippen LogP contribution in [0.1, 0.15) is 30.5 Å². The number of nitrogens with two attached hydrogens (primary N) is 1. The Morgan fingerprint density at radius 3 is 2.62 bits per heavy atom. The lowest BCUT2D eigenvalue weighted by atomic mass is 9.94. The van der Waals surface area contributed by atoms with E-state index in [-0.39, 0.29) is 0 Å². The number of primary amides is 1. The summed E-state index contributed by atoms with van der Waals surface area (Å²) in [6.45, 7) is 5.49. The summed E-state index contributed by atoms with van der Waals surface area (Å²) in [4.78, 5) is 15.9. The van der Waals surface area contributed by atoms with Crippen LogP contribution in [0.3, 0.4) is 0 Å². The van der Waals surface area contributed by atoms with Gasteiger partial charge >= 0.3 is 0 Å². The van der Waals surface area contributed by atoms with E-state index in [0.29, 0.717) is 22.2 Å². The second-order valence-electron chi connectivity index (χ2n) is 6.53. The molecule has 0 aliphatic carbocycles. The lowest BCUT2D eigenvalue weighted by Gasteiger charge is -2.20. The molecular weight excluding hydrogens is 328 g/mol. The molecule has 3 rings (SSSR count). The van der Waals surface area contributed by atoms with E-state index in [2.05, 4.69) is 18.0 Å². The number of amides is 1. The highest BCUT2D eigenvalue weighted by atomic mass is 16.5. The average Bonchev–Trinajstić information content (AvgIpc) is 2.63. The number of ether oxygens (including phenoxy) is 1. The maximum absolute atomic E-state index is 11.6. The minimum Gasteiger partial charge on any atom is -0.456 e. The Hall–Kier alpha value is -2.92. The van der Waals surface area contributed by atoms with Crippen molar-refractivity contribution >= 4 is 16.8 Å². The molecule has 3 aromatic rings. The molecule has 1 amide bonds. The molecule has 0 spiro atoms. The van der Waals surface area contributed by atoms with Crippen LogP contribution in [-0.4, -0.2) is 16.0 Å². The Bertz CT molecular complexity index is 980. The molecule has 0 aliphatic rings. The number of pyridine rings is 1. The van der Waals surface area contributed by atoms with Gasteiger partial charge in [-0.25, -0.2) is 0 Å². The van der Waals surface area contributed by atoms with Crippen LogP contribution in [0.5, 0.6) is 11.5 Å². The van der Waals surface area contributed by atoms with Gasteiger partial charge in [-0.3, -0.25) is 9.78 Å². The summed E-state index contributed by atoms with van der Waals surface area (Å²) in [5.41, 5.74) is 6.94. The number of hydrogen-bond donors (Lipinski definition) is 2. The summed E-state index contributed by atoms with van der Waals surface area (Å²) in [6.07, 6.45) is 2.63. The van der Waals surface area contributed by atoms with Crippen molar-refractivity contribution < 1.29 is 14.6 Å². The van der Waals surface area contributed by atoms with Crippen molar-refractivity contribution in [3.63, 3.8) is 0 Å². The van der Waals surface area contributed by atoms with Gasteiger partial charge in [0, 0.05) is 11.6 Å². The fourth-order valence-electron chi connectivity index (χ4n) is 2.82. The molecule has 0 saturated carbocycles. The fourth-order valence-corrected chi connectivity index (χ4v) is 2.82. The lowest BCUT2D eigenvalue weighted by molar-refractivity contribution is -0.135. The van der Waals surface area contributed by atoms with E-state index < -0.39 is 11.5 Å². The summed E-state index contributed by atoms with van der Waals surface area (Å²) in [6, 6.07) is 12.9. The summed E-state index contributed by atoms with van der Waals surface area (Å²) in [5, 5.41) is 11.1. The number of fused-ring (bicyclic) bond motifs is 1. The van der Waals surface area contributed by atoms with Crippen molar-refractivity contribution in [3.8, 4) is 11.5 Å². The predicted molar refractivity (Wildman–Crippen MR) is 101 cm³/mol. The minimum atomic E-state index is -1.76. The first kappa shape index (κ1) is 17.9. The van der Waals surface area contributed by atoms with Gasteiger partial charge in [-0.15, -0.1) is 0 Å². The number of aryl methyl sites for hydroxylation is 2. The van der Waals surface area contributed by atoms with Crippen molar-refractivity contribution in [2.45, 2.75) is 32.8 Å². The van der Waals surface area contributed by atoms with E-state index in [0.717, 1.165) is 17.7 Å². The van der Waals surface area contributed by atoms with Crippen molar-refractivity contribution in [3.05, 3.63) is 65.4 Å². The Balaban J connectivity index is 2.07. The lowest BCUT2D eigenvalue weighted by Crippen LogP contribution is -2.38. The second-order valence-corrected chi connectivity index (χ2v) is 6.53. The van der Waals surface area contributed by atoms with Gasteiger partial charge < -0.3 is 15.6 Å². The Labute approximate surface area is 152 Å². The quantitative estimate of drug-likeness (QED) is 0.736. The first-order chi connectivity index (χ1) is 12.3. The molecule has 0 radical (unpaired) electrons. The van der Waals surface area contributed by atoms with Crippen LogP contribution < -0.4 is 10.5 Å². The maximum Gasteiger partial charge on any atom is 0.253 e. The third-order valence-corrected chi connectivity index (χ3v) is 4.61. The van der Waals surface area contributed by atoms with Gasteiger partial charge in [0.15, 0.2) is 5.60 Å². The number of aliphatic hydroxyl groups is 1. The van der Waals surface area contributed by atoms with Crippen molar-refractivity contribution in [2.24, 2.45) is 5.73 Å². The zero-order valence-corrected chi connectivity index (χ0v) is 15.1. The second kappa shape index (κ2) is 6.77. The highest BCUT2D eigenvalue weighted by molar-refractivity contribution is 5.89. The third-order valence-electron chi connectivity index (χ3n) is 4.61. The van der Waals surface area contributed by atoms with Gasteiger partial charge in [0.05, 0.1) is 5.52 Å². The van der Waals surface area contributed by atoms with E-state index in [1.807, 2.05) is 19.1 Å². The molecular formula is C21H22N2O3. The fraction of sp³-hybridized carbons (Fsp3) is 0.238. The number of aromatic nitrogens is 1. The van der Waals surface area contributed by atoms with Crippen LogP contribution in [0, 0.1) is 6.92 Å². The third kappa shape index (κ3) is 3.26. The first-order valence-electron chi connectivity index (χ1n) is 8.52. The molecule has 1 aromatic heterocycles. The molecule has 3 N–H and O–H groups in total. The number of hydrogen-bond acceptors (Lipinski definition) is 4. The molecule has 26 heavy (non-hydrogen) atoms. The van der Waals surface area contributed by atoms with Gasteiger partial charge in [0.1, 0.15) is 11.5 Å². The van der Waals surface area contributed by atoms with Gasteiger partial charge in [0.2, 0.25) is 0 Å². The smallest absolute Gasteiger partial charge is 0.253 e. The van der Waals surface area contributed by atoms with Crippen LogP contribution in [0.25, 0.3) is 10.9 Å². The number of carbonyl (C=O) groups excluding carboxylic acids is 1. The molecule has 5 heteroatoms. The van der Waals surface area contributed by atoms with E-state index in [1.165, 1.54) is 12.5 Å². The number of rotatable bonds is 5. The van der Waals surface area contributed by atoms with Gasteiger partial charge in [0.25, 0.3) is 5.91 Å². The van der Waals surface area contributed by atoms with E-state index in [4.69, 9.17) is 10.5 Å². The van der Waals surface area contributed by atoms with Crippen LogP contribution in [-0.2, 0) is 16.8 Å². The monoisotopic (exact) mass is 350 g/mol. The molecule has 0 fully saturated rings. The van der Waals surface area contributed by atoms with Gasteiger partial charge in [-0.1, -0.05) is 25.1 Å². The molecule has 1 atom stereocenters. The Kier molecular flexibility index (Phi) is 4.66. The number of nitrogens with zero attached hydrogens (tertiary/aromatic N) is 1. The highest BCUT2D eigenvalue weighted by Crippen LogP contribution is 2.33. The number of carbonyl (C=O) groups is 1. The van der Waals surface area contributed by atoms with Gasteiger partial charge in [-0.05, 0) is 61.2 Å². The van der Waals surface area contributed by atoms with Crippen LogP contribution in [0.15, 0.2) is 48.7 Å². The van der Waals surface area contributed by atoms with E-state index in [9.17, 15) is 9.90 Å². The first-order valence-corrected chi connectivity index (χ1v) is 8.52. The SMILES string of the molecule is CCc1ccc(Oc2ccnc3ccc(C(C)(O)C(N)=O)cc23)c(C)c1. The highest BCUT2D eigenvalue weighted by Gasteiger charge is 2.30. The Morgan fingerprint density at radius 1 is 1.19 bits per heavy atom. The average molecular weight is 350 g/mol. The summed E-state index contributed by atoms with van der Waals surface area (Å²) >= 11 is 0. The molecule has 0 saturated heterocycles. The Morgan fingerprint density at radius 2 is 1.96 bits per heavy atom. The molecule has 134 valence electrons. The normalized spacial score (nSPS) is 13.4. The maximum atomic E-state index is 11.6. The molecule has 0 aliphatic heterocycles. The van der Waals surface area contributed by atoms with Gasteiger partial charge in [-0.2, -0.15) is 0 Å². The zero-order valence-electron chi connectivity index (χ0n) is 15.1. The minimum absolute atomic E-state index is 0.397. The summed E-state index contributed by atoms with van der Waals surface area (Å²) < 4.78 is 6.11. The molecule has 0 bridgehead atoms. The number of benzene rings is 2. The van der Waals surface area contributed by atoms with Crippen LogP contribution in [0.2, 0.25) is 0 Å². The molecule has 2 aromatic carbocycles. The van der Waals surface area contributed by atoms with Crippen molar-refractivity contribution in [2.75, 3.05) is 0 Å². The molecule has 1 heterocycles. The topological polar surface area (TPSA) is 85.4 Å². The largest absolute Gasteiger partial charge is 0.456 e. The van der Waals surface area contributed by atoms with Crippen LogP contribution in [0.4, 0.5) is 0 Å². The predicted octanol–water partition coefficient (Wildman–Crippen LogP) is 3.59. The van der Waals surface area contributed by atoms with Crippen LogP contribution >= 0.6 is 0 Å². The van der Waals surface area contributed by atoms with Crippen molar-refractivity contribution in [1.82, 2.24) is 4.98 Å². The summed E-state index contributed by atoms with van der Waals surface area (Å²) in [7, 11) is 0. The molecule has 1 unspecified atom stereocenters.